The molecule has 1 fully saturated rings. The Hall–Kier alpha value is 0.470. The fourth-order valence-corrected chi connectivity index (χ4v) is 2.51. The smallest absolute Gasteiger partial charge is 0.550 e. The second kappa shape index (κ2) is 8.60. The molecule has 0 saturated heterocycles. The van der Waals surface area contributed by atoms with E-state index in [0.29, 0.717) is 5.92 Å². The molecule has 0 N–H and O–H groups in total. The van der Waals surface area contributed by atoms with E-state index in [0.717, 1.165) is 19.3 Å². The van der Waals surface area contributed by atoms with Crippen molar-refractivity contribution in [1.29, 1.82) is 0 Å². The first-order valence-corrected chi connectivity index (χ1v) is 5.95. The van der Waals surface area contributed by atoms with Gasteiger partial charge in [0.2, 0.25) is 0 Å². The molecule has 0 bridgehead atoms. The number of carboxylic acid groups (broad SMARTS) is 1. The molecular formula is C12H21NaO2. The molecule has 1 atom stereocenters. The Kier molecular flexibility index (Phi) is 8.87. The van der Waals surface area contributed by atoms with E-state index in [9.17, 15) is 9.90 Å². The van der Waals surface area contributed by atoms with E-state index in [2.05, 4.69) is 0 Å². The van der Waals surface area contributed by atoms with Gasteiger partial charge in [0.25, 0.3) is 0 Å². The molecule has 3 heteroatoms. The third-order valence-corrected chi connectivity index (χ3v) is 3.31. The van der Waals surface area contributed by atoms with E-state index in [4.69, 9.17) is 0 Å². The first-order valence-electron chi connectivity index (χ1n) is 5.95. The molecule has 0 spiro atoms. The second-order valence-electron chi connectivity index (χ2n) is 4.54. The molecule has 1 aliphatic carbocycles. The third kappa shape index (κ3) is 5.94. The molecule has 1 rings (SSSR count). The molecule has 0 aromatic heterocycles. The molecule has 0 amide bonds. The maximum Gasteiger partial charge on any atom is 1.00 e. The summed E-state index contributed by atoms with van der Waals surface area (Å²) in [5.74, 6) is -0.376. The zero-order chi connectivity index (χ0) is 10.4. The summed E-state index contributed by atoms with van der Waals surface area (Å²) < 4.78 is 0. The van der Waals surface area contributed by atoms with Crippen LogP contribution in [0.15, 0.2) is 0 Å². The van der Waals surface area contributed by atoms with Crippen molar-refractivity contribution in [3.63, 3.8) is 0 Å². The van der Waals surface area contributed by atoms with Crippen LogP contribution in [0.5, 0.6) is 0 Å². The number of carboxylic acids is 1. The topological polar surface area (TPSA) is 40.1 Å². The summed E-state index contributed by atoms with van der Waals surface area (Å²) in [4.78, 5) is 10.9. The summed E-state index contributed by atoms with van der Waals surface area (Å²) in [6, 6.07) is 0. The minimum Gasteiger partial charge on any atom is -0.550 e. The van der Waals surface area contributed by atoms with Crippen LogP contribution in [0.3, 0.4) is 0 Å². The standard InChI is InChI=1S/C12H22O2.Na/c1-2-6-11(12(13)14)9-10-7-4-3-5-8-10;/h10-11H,2-9H2,1H3,(H,13,14);/q;+1/p-1. The van der Waals surface area contributed by atoms with Crippen LogP contribution in [-0.4, -0.2) is 5.97 Å². The molecular weight excluding hydrogens is 199 g/mol. The molecule has 1 unspecified atom stereocenters. The number of carbonyl (C=O) groups is 1. The zero-order valence-corrected chi connectivity index (χ0v) is 12.1. The Morgan fingerprint density at radius 2 is 1.93 bits per heavy atom. The van der Waals surface area contributed by atoms with Gasteiger partial charge in [-0.15, -0.1) is 0 Å². The molecule has 1 saturated carbocycles. The number of hydrogen-bond donors (Lipinski definition) is 0. The number of rotatable bonds is 5. The number of hydrogen-bond acceptors (Lipinski definition) is 2. The molecule has 1 aliphatic rings. The predicted octanol–water partition coefficient (Wildman–Crippen LogP) is -0.873. The average Bonchev–Trinajstić information content (AvgIpc) is 2.18. The Bertz CT molecular complexity index is 176. The van der Waals surface area contributed by atoms with Gasteiger partial charge >= 0.3 is 29.6 Å². The Morgan fingerprint density at radius 1 is 1.33 bits per heavy atom. The van der Waals surface area contributed by atoms with Crippen molar-refractivity contribution in [2.75, 3.05) is 0 Å². The minimum atomic E-state index is -0.836. The summed E-state index contributed by atoms with van der Waals surface area (Å²) in [6.07, 6.45) is 8.97. The van der Waals surface area contributed by atoms with E-state index >= 15 is 0 Å². The van der Waals surface area contributed by atoms with Crippen LogP contribution in [0.1, 0.15) is 58.3 Å². The molecule has 0 aliphatic heterocycles. The molecule has 0 aromatic rings. The van der Waals surface area contributed by atoms with Gasteiger partial charge in [-0.3, -0.25) is 0 Å². The Morgan fingerprint density at radius 3 is 2.40 bits per heavy atom. The van der Waals surface area contributed by atoms with Gasteiger partial charge in [0.1, 0.15) is 0 Å². The number of aliphatic carboxylic acids is 1. The summed E-state index contributed by atoms with van der Waals surface area (Å²) >= 11 is 0. The van der Waals surface area contributed by atoms with Gasteiger partial charge in [-0.1, -0.05) is 45.4 Å². The maximum atomic E-state index is 10.9. The third-order valence-electron chi connectivity index (χ3n) is 3.31. The molecule has 15 heavy (non-hydrogen) atoms. The van der Waals surface area contributed by atoms with Gasteiger partial charge in [0, 0.05) is 5.97 Å². The quantitative estimate of drug-likeness (QED) is 0.565. The molecule has 0 heterocycles. The Balaban J connectivity index is 0.00000196. The average molecular weight is 220 g/mol. The molecule has 2 nitrogen and oxygen atoms in total. The van der Waals surface area contributed by atoms with E-state index in [-0.39, 0.29) is 35.5 Å². The summed E-state index contributed by atoms with van der Waals surface area (Å²) in [5, 5.41) is 10.9. The normalized spacial score (nSPS) is 19.3. The van der Waals surface area contributed by atoms with Crippen molar-refractivity contribution in [3.8, 4) is 0 Å². The van der Waals surface area contributed by atoms with Crippen LogP contribution in [0, 0.1) is 11.8 Å². The summed E-state index contributed by atoms with van der Waals surface area (Å²) in [5.41, 5.74) is 0. The van der Waals surface area contributed by atoms with Crippen molar-refractivity contribution in [3.05, 3.63) is 0 Å². The Labute approximate surface area is 115 Å². The van der Waals surface area contributed by atoms with Gasteiger partial charge in [0.05, 0.1) is 0 Å². The fourth-order valence-electron chi connectivity index (χ4n) is 2.51. The van der Waals surface area contributed by atoms with Crippen molar-refractivity contribution in [2.45, 2.75) is 58.3 Å². The van der Waals surface area contributed by atoms with E-state index in [1.54, 1.807) is 0 Å². The fraction of sp³-hybridized carbons (Fsp3) is 0.917. The van der Waals surface area contributed by atoms with Crippen LogP contribution >= 0.6 is 0 Å². The molecule has 82 valence electrons. The first kappa shape index (κ1) is 15.5. The van der Waals surface area contributed by atoms with Crippen LogP contribution in [0.4, 0.5) is 0 Å². The van der Waals surface area contributed by atoms with Crippen LogP contribution in [0.2, 0.25) is 0 Å². The van der Waals surface area contributed by atoms with E-state index in [1.165, 1.54) is 32.1 Å². The van der Waals surface area contributed by atoms with Crippen LogP contribution in [0.25, 0.3) is 0 Å². The van der Waals surface area contributed by atoms with Gasteiger partial charge in [0.15, 0.2) is 0 Å². The zero-order valence-electron chi connectivity index (χ0n) is 10.1. The summed E-state index contributed by atoms with van der Waals surface area (Å²) in [7, 11) is 0. The van der Waals surface area contributed by atoms with Gasteiger partial charge in [-0.2, -0.15) is 0 Å². The van der Waals surface area contributed by atoms with Crippen LogP contribution < -0.4 is 34.7 Å². The minimum absolute atomic E-state index is 0. The molecule has 0 aromatic carbocycles. The maximum absolute atomic E-state index is 10.9. The van der Waals surface area contributed by atoms with Crippen molar-refractivity contribution in [1.82, 2.24) is 0 Å². The monoisotopic (exact) mass is 220 g/mol. The number of carbonyl (C=O) groups excluding carboxylic acids is 1. The van der Waals surface area contributed by atoms with Crippen molar-refractivity contribution in [2.24, 2.45) is 11.8 Å². The SMILES string of the molecule is CCCC(CC1CCCCC1)C(=O)[O-].[Na+]. The van der Waals surface area contributed by atoms with E-state index in [1.807, 2.05) is 6.92 Å². The van der Waals surface area contributed by atoms with Crippen molar-refractivity contribution < 1.29 is 39.5 Å². The van der Waals surface area contributed by atoms with Gasteiger partial charge in [-0.25, -0.2) is 0 Å². The van der Waals surface area contributed by atoms with E-state index < -0.39 is 5.97 Å². The first-order chi connectivity index (χ1) is 6.74. The van der Waals surface area contributed by atoms with Gasteiger partial charge < -0.3 is 9.90 Å². The molecule has 0 radical (unpaired) electrons. The second-order valence-corrected chi connectivity index (χ2v) is 4.54. The van der Waals surface area contributed by atoms with Crippen molar-refractivity contribution >= 4 is 5.97 Å². The predicted molar refractivity (Wildman–Crippen MR) is 54.6 cm³/mol. The summed E-state index contributed by atoms with van der Waals surface area (Å²) in [6.45, 7) is 2.04. The van der Waals surface area contributed by atoms with Crippen LogP contribution in [-0.2, 0) is 4.79 Å². The largest absolute Gasteiger partial charge is 1.00 e. The van der Waals surface area contributed by atoms with Gasteiger partial charge in [-0.05, 0) is 24.7 Å².